The maximum atomic E-state index is 10.6. The molecular weight excluding hydrogens is 258 g/mol. The molecule has 5 nitrogen and oxygen atoms in total. The van der Waals surface area contributed by atoms with Gasteiger partial charge in [-0.05, 0) is 6.26 Å². The van der Waals surface area contributed by atoms with Crippen molar-refractivity contribution in [2.75, 3.05) is 17.8 Å². The number of hydrogen-bond acceptors (Lipinski definition) is 5. The molecule has 17 heavy (non-hydrogen) atoms. The quantitative estimate of drug-likeness (QED) is 0.767. The lowest BCUT2D eigenvalue weighted by Crippen LogP contribution is -2.09. The molecule has 0 aliphatic heterocycles. The van der Waals surface area contributed by atoms with Crippen LogP contribution < -0.4 is 0 Å². The molecule has 0 aromatic carbocycles. The minimum absolute atomic E-state index is 0.0233. The Morgan fingerprint density at radius 1 is 1.47 bits per heavy atom. The summed E-state index contributed by atoms with van der Waals surface area (Å²) in [6.07, 6.45) is 2.05. The van der Waals surface area contributed by atoms with E-state index < -0.39 is 5.97 Å². The highest BCUT2D eigenvalue weighted by atomic mass is 32.2. The number of hydrogen-bond donors (Lipinski definition) is 1. The Morgan fingerprint density at radius 2 is 2.18 bits per heavy atom. The van der Waals surface area contributed by atoms with Crippen molar-refractivity contribution in [3.63, 3.8) is 0 Å². The summed E-state index contributed by atoms with van der Waals surface area (Å²) < 4.78 is 2.02. The van der Waals surface area contributed by atoms with Gasteiger partial charge in [-0.2, -0.15) is 11.8 Å². The van der Waals surface area contributed by atoms with Gasteiger partial charge in [-0.3, -0.25) is 4.79 Å². The third kappa shape index (κ3) is 4.23. The van der Waals surface area contributed by atoms with Gasteiger partial charge in [0, 0.05) is 18.2 Å². The van der Waals surface area contributed by atoms with Gasteiger partial charge in [0.05, 0.1) is 5.75 Å². The van der Waals surface area contributed by atoms with E-state index >= 15 is 0 Å². The monoisotopic (exact) mass is 275 g/mol. The van der Waals surface area contributed by atoms with Crippen molar-refractivity contribution in [2.45, 2.75) is 31.5 Å². The first kappa shape index (κ1) is 14.4. The number of carboxylic acid groups (broad SMARTS) is 1. The van der Waals surface area contributed by atoms with Gasteiger partial charge >= 0.3 is 5.97 Å². The van der Waals surface area contributed by atoms with E-state index in [1.165, 1.54) is 11.8 Å². The van der Waals surface area contributed by atoms with Gasteiger partial charge < -0.3 is 9.67 Å². The third-order valence-corrected chi connectivity index (χ3v) is 3.65. The molecule has 0 fully saturated rings. The van der Waals surface area contributed by atoms with E-state index in [1.54, 1.807) is 11.8 Å². The van der Waals surface area contributed by atoms with E-state index in [4.69, 9.17) is 5.11 Å². The van der Waals surface area contributed by atoms with Crippen molar-refractivity contribution < 1.29 is 9.90 Å². The summed E-state index contributed by atoms with van der Waals surface area (Å²) in [6.45, 7) is 4.94. The molecule has 0 amide bonds. The van der Waals surface area contributed by atoms with Gasteiger partial charge in [-0.25, -0.2) is 0 Å². The van der Waals surface area contributed by atoms with Crippen LogP contribution in [0.1, 0.15) is 25.6 Å². The van der Waals surface area contributed by atoms with Crippen LogP contribution in [0.2, 0.25) is 0 Å². The lowest BCUT2D eigenvalue weighted by molar-refractivity contribution is -0.133. The van der Waals surface area contributed by atoms with Gasteiger partial charge in [0.25, 0.3) is 0 Å². The van der Waals surface area contributed by atoms with E-state index in [1.807, 2.05) is 10.8 Å². The predicted molar refractivity (Wildman–Crippen MR) is 70.9 cm³/mol. The minimum atomic E-state index is -0.833. The fraction of sp³-hybridized carbons (Fsp3) is 0.700. The van der Waals surface area contributed by atoms with E-state index in [0.29, 0.717) is 11.1 Å². The van der Waals surface area contributed by atoms with Crippen molar-refractivity contribution >= 4 is 29.5 Å². The summed E-state index contributed by atoms with van der Waals surface area (Å²) in [5.41, 5.74) is 0. The van der Waals surface area contributed by atoms with E-state index in [-0.39, 0.29) is 5.75 Å². The Bertz CT molecular complexity index is 380. The van der Waals surface area contributed by atoms with E-state index in [9.17, 15) is 4.79 Å². The first-order chi connectivity index (χ1) is 8.06. The molecule has 0 bridgehead atoms. The van der Waals surface area contributed by atoms with Gasteiger partial charge in [0.2, 0.25) is 0 Å². The molecular formula is C10H17N3O2S2. The van der Waals surface area contributed by atoms with Crippen LogP contribution in [0.4, 0.5) is 0 Å². The lowest BCUT2D eigenvalue weighted by atomic mass is 10.2. The van der Waals surface area contributed by atoms with Crippen molar-refractivity contribution in [1.29, 1.82) is 0 Å². The summed E-state index contributed by atoms with van der Waals surface area (Å²) in [7, 11) is 0. The molecule has 1 N–H and O–H groups in total. The van der Waals surface area contributed by atoms with Gasteiger partial charge in [0.15, 0.2) is 5.16 Å². The van der Waals surface area contributed by atoms with Crippen molar-refractivity contribution in [3.8, 4) is 0 Å². The van der Waals surface area contributed by atoms with Gasteiger partial charge in [-0.15, -0.1) is 10.2 Å². The molecule has 1 aromatic heterocycles. The second kappa shape index (κ2) is 6.90. The van der Waals surface area contributed by atoms with Crippen LogP contribution in [-0.4, -0.2) is 43.6 Å². The van der Waals surface area contributed by atoms with Crippen molar-refractivity contribution in [3.05, 3.63) is 5.82 Å². The Kier molecular flexibility index (Phi) is 5.84. The Hall–Kier alpha value is -0.690. The topological polar surface area (TPSA) is 68.0 Å². The standard InChI is InChI=1S/C10H17N3O2S2/c1-7(2)9-11-12-10(17-6-8(14)15)13(9)4-5-16-3/h7H,4-6H2,1-3H3,(H,14,15). The number of thioether (sulfide) groups is 2. The molecule has 0 spiro atoms. The zero-order valence-electron chi connectivity index (χ0n) is 10.2. The average molecular weight is 275 g/mol. The third-order valence-electron chi connectivity index (χ3n) is 2.11. The average Bonchev–Trinajstić information content (AvgIpc) is 2.66. The fourth-order valence-electron chi connectivity index (χ4n) is 1.35. The molecule has 1 aromatic rings. The molecule has 7 heteroatoms. The first-order valence-electron chi connectivity index (χ1n) is 5.33. The largest absolute Gasteiger partial charge is 0.481 e. The highest BCUT2D eigenvalue weighted by molar-refractivity contribution is 7.99. The molecule has 0 radical (unpaired) electrons. The summed E-state index contributed by atoms with van der Waals surface area (Å²) in [6, 6.07) is 0. The molecule has 0 saturated heterocycles. The van der Waals surface area contributed by atoms with Gasteiger partial charge in [-0.1, -0.05) is 25.6 Å². The van der Waals surface area contributed by atoms with Crippen LogP contribution in [0.3, 0.4) is 0 Å². The van der Waals surface area contributed by atoms with Crippen LogP contribution in [0.25, 0.3) is 0 Å². The smallest absolute Gasteiger partial charge is 0.313 e. The molecule has 1 heterocycles. The summed E-state index contributed by atoms with van der Waals surface area (Å²) in [5, 5.41) is 17.6. The Balaban J connectivity index is 2.83. The molecule has 96 valence electrons. The zero-order chi connectivity index (χ0) is 12.8. The van der Waals surface area contributed by atoms with Crippen LogP contribution in [0.15, 0.2) is 5.16 Å². The number of rotatable bonds is 7. The maximum absolute atomic E-state index is 10.6. The van der Waals surface area contributed by atoms with E-state index in [0.717, 1.165) is 18.1 Å². The number of aromatic nitrogens is 3. The lowest BCUT2D eigenvalue weighted by Gasteiger charge is -2.10. The van der Waals surface area contributed by atoms with Crippen molar-refractivity contribution in [2.24, 2.45) is 0 Å². The Labute approximate surface area is 109 Å². The van der Waals surface area contributed by atoms with E-state index in [2.05, 4.69) is 24.0 Å². The fourth-order valence-corrected chi connectivity index (χ4v) is 2.41. The second-order valence-corrected chi connectivity index (χ2v) is 5.75. The van der Waals surface area contributed by atoms with Crippen LogP contribution in [0, 0.1) is 0 Å². The molecule has 0 saturated carbocycles. The SMILES string of the molecule is CSCCn1c(SCC(=O)O)nnc1C(C)C. The molecule has 0 aliphatic carbocycles. The van der Waals surface area contributed by atoms with Crippen LogP contribution in [-0.2, 0) is 11.3 Å². The second-order valence-electron chi connectivity index (χ2n) is 3.82. The minimum Gasteiger partial charge on any atom is -0.481 e. The number of carboxylic acids is 1. The first-order valence-corrected chi connectivity index (χ1v) is 7.70. The predicted octanol–water partition coefficient (Wildman–Crippen LogP) is 1.94. The van der Waals surface area contributed by atoms with Crippen molar-refractivity contribution in [1.82, 2.24) is 14.8 Å². The zero-order valence-corrected chi connectivity index (χ0v) is 11.8. The molecule has 0 unspecified atom stereocenters. The molecule has 0 atom stereocenters. The molecule has 0 aliphatic rings. The normalized spacial score (nSPS) is 11.1. The van der Waals surface area contributed by atoms with Crippen LogP contribution >= 0.6 is 23.5 Å². The molecule has 1 rings (SSSR count). The summed E-state index contributed by atoms with van der Waals surface area (Å²) in [5.74, 6) is 1.38. The summed E-state index contributed by atoms with van der Waals surface area (Å²) in [4.78, 5) is 10.6. The van der Waals surface area contributed by atoms with Crippen LogP contribution in [0.5, 0.6) is 0 Å². The number of nitrogens with zero attached hydrogens (tertiary/aromatic N) is 3. The summed E-state index contributed by atoms with van der Waals surface area (Å²) >= 11 is 2.98. The maximum Gasteiger partial charge on any atom is 0.313 e. The number of aliphatic carboxylic acids is 1. The Morgan fingerprint density at radius 3 is 2.71 bits per heavy atom. The number of carbonyl (C=O) groups is 1. The van der Waals surface area contributed by atoms with Gasteiger partial charge in [0.1, 0.15) is 5.82 Å². The highest BCUT2D eigenvalue weighted by Gasteiger charge is 2.15. The highest BCUT2D eigenvalue weighted by Crippen LogP contribution is 2.21.